The molecule has 0 aromatic heterocycles. The first-order valence-electron chi connectivity index (χ1n) is 26.9. The normalized spacial score (nSPS) is 13.2. The molecule has 0 saturated heterocycles. The fourth-order valence-electron chi connectivity index (χ4n) is 12.4. The minimum atomic E-state index is -0.0309. The van der Waals surface area contributed by atoms with Gasteiger partial charge in [-0.3, -0.25) is 0 Å². The van der Waals surface area contributed by atoms with Crippen molar-refractivity contribution in [3.05, 3.63) is 192 Å². The van der Waals surface area contributed by atoms with Gasteiger partial charge in [0.1, 0.15) is 0 Å². The van der Waals surface area contributed by atoms with Crippen molar-refractivity contribution in [2.45, 2.75) is 125 Å². The van der Waals surface area contributed by atoms with Gasteiger partial charge in [0.05, 0.1) is 0 Å². The van der Waals surface area contributed by atoms with Gasteiger partial charge in [-0.05, 0) is 183 Å². The lowest BCUT2D eigenvalue weighted by molar-refractivity contribution is 0.590. The second kappa shape index (κ2) is 16.2. The molecule has 10 aromatic rings. The van der Waals surface area contributed by atoms with Crippen LogP contribution in [-0.4, -0.2) is 0 Å². The van der Waals surface area contributed by atoms with Crippen LogP contribution in [0.2, 0.25) is 0 Å². The molecule has 10 aromatic carbocycles. The van der Waals surface area contributed by atoms with Crippen LogP contribution in [0.3, 0.4) is 0 Å². The van der Waals surface area contributed by atoms with Crippen molar-refractivity contribution in [3.8, 4) is 89.0 Å². The largest absolute Gasteiger partial charge is 0.0616 e. The van der Waals surface area contributed by atoms with Crippen molar-refractivity contribution in [2.75, 3.05) is 0 Å². The Balaban J connectivity index is 1.23. The van der Waals surface area contributed by atoms with Crippen LogP contribution in [0.5, 0.6) is 0 Å². The minimum Gasteiger partial charge on any atom is -0.0616 e. The molecule has 2 aliphatic rings. The van der Waals surface area contributed by atoms with Crippen molar-refractivity contribution < 1.29 is 0 Å². The van der Waals surface area contributed by atoms with E-state index in [1.54, 1.807) is 0 Å². The molecule has 362 valence electrons. The van der Waals surface area contributed by atoms with E-state index in [4.69, 9.17) is 0 Å². The second-order valence-corrected chi connectivity index (χ2v) is 25.9. The molecule has 0 fully saturated rings. The zero-order valence-electron chi connectivity index (χ0n) is 45.7. The lowest BCUT2D eigenvalue weighted by atomic mass is 9.78. The monoisotopic (exact) mass is 947 g/mol. The zero-order valence-corrected chi connectivity index (χ0v) is 45.7. The van der Waals surface area contributed by atoms with E-state index in [-0.39, 0.29) is 21.7 Å². The Kier molecular flexibility index (Phi) is 10.5. The van der Waals surface area contributed by atoms with Crippen molar-refractivity contribution in [1.82, 2.24) is 0 Å². The summed E-state index contributed by atoms with van der Waals surface area (Å²) in [6.45, 7) is 32.5. The van der Waals surface area contributed by atoms with Gasteiger partial charge in [0.25, 0.3) is 0 Å². The van der Waals surface area contributed by atoms with Gasteiger partial charge < -0.3 is 0 Å². The molecular formula is C73H70. The van der Waals surface area contributed by atoms with E-state index in [0.717, 1.165) is 0 Å². The maximum Gasteiger partial charge on any atom is -0.000740 e. The molecule has 0 unspecified atom stereocenters. The summed E-state index contributed by atoms with van der Waals surface area (Å²) in [6, 6.07) is 64.7. The Labute approximate surface area is 435 Å². The van der Waals surface area contributed by atoms with Gasteiger partial charge in [-0.1, -0.05) is 255 Å². The van der Waals surface area contributed by atoms with Crippen molar-refractivity contribution in [3.63, 3.8) is 0 Å². The van der Waals surface area contributed by atoms with Crippen LogP contribution in [0.25, 0.3) is 121 Å². The summed E-state index contributed by atoms with van der Waals surface area (Å²) in [7, 11) is 0. The third-order valence-electron chi connectivity index (χ3n) is 16.6. The minimum absolute atomic E-state index is 0.0309. The highest BCUT2D eigenvalue weighted by atomic mass is 14.4. The predicted molar refractivity (Wildman–Crippen MR) is 318 cm³/mol. The summed E-state index contributed by atoms with van der Waals surface area (Å²) in [5, 5.41) is 7.93. The van der Waals surface area contributed by atoms with Gasteiger partial charge >= 0.3 is 0 Å². The molecule has 0 saturated carbocycles. The summed E-state index contributed by atoms with van der Waals surface area (Å²) >= 11 is 0. The van der Waals surface area contributed by atoms with Crippen LogP contribution < -0.4 is 0 Å². The van der Waals surface area contributed by atoms with E-state index in [1.165, 1.54) is 149 Å². The van der Waals surface area contributed by atoms with Gasteiger partial charge in [-0.15, -0.1) is 0 Å². The Hall–Kier alpha value is -7.02. The van der Waals surface area contributed by atoms with E-state index in [9.17, 15) is 0 Å². The molecular weight excluding hydrogens is 877 g/mol. The molecule has 0 amide bonds. The number of rotatable bonds is 5. The first-order valence-corrected chi connectivity index (χ1v) is 26.9. The maximum absolute atomic E-state index is 2.53. The van der Waals surface area contributed by atoms with Crippen LogP contribution in [0.4, 0.5) is 0 Å². The second-order valence-electron chi connectivity index (χ2n) is 25.9. The highest BCUT2D eigenvalue weighted by molar-refractivity contribution is 6.35. The third kappa shape index (κ3) is 7.37. The van der Waals surface area contributed by atoms with Gasteiger partial charge in [0.15, 0.2) is 0 Å². The number of fused-ring (bicyclic) bond motifs is 8. The molecule has 73 heavy (non-hydrogen) atoms. The lowest BCUT2D eigenvalue weighted by Crippen LogP contribution is -2.11. The summed E-state index contributed by atoms with van der Waals surface area (Å²) in [6.07, 6.45) is 0. The summed E-state index contributed by atoms with van der Waals surface area (Å²) in [4.78, 5) is 0. The third-order valence-corrected chi connectivity index (χ3v) is 16.6. The molecule has 12 rings (SSSR count). The lowest BCUT2D eigenvalue weighted by Gasteiger charge is -2.25. The van der Waals surface area contributed by atoms with E-state index in [1.807, 2.05) is 0 Å². The van der Waals surface area contributed by atoms with E-state index in [2.05, 4.69) is 261 Å². The molecule has 2 aliphatic carbocycles. The summed E-state index contributed by atoms with van der Waals surface area (Å²) < 4.78 is 0. The van der Waals surface area contributed by atoms with Gasteiger partial charge in [0, 0.05) is 0 Å². The molecule has 0 aliphatic heterocycles. The Bertz CT molecular complexity index is 3770. The molecule has 0 heterocycles. The highest BCUT2D eigenvalue weighted by Crippen LogP contribution is 2.64. The first kappa shape index (κ1) is 47.0. The zero-order chi connectivity index (χ0) is 51.3. The standard InChI is InChI=1S/C73H70/c1-42(2)43-19-21-44(22-20-43)63-59-41-51(73(12,13)14)35-36-54(59)62(47-27-33-50(34-28-47)72(9,10)11)68-57-38-37-55-64-56(39-40-58(65(57)64)69(63)68)67-61(46-25-31-49(32-26-46)71(6,7)8)53-18-16-15-17-52(53)60(66(55)67)45-23-29-48(30-24-45)70(3,4)5/h15-42H,1-14H3. The van der Waals surface area contributed by atoms with Crippen LogP contribution in [0, 0.1) is 0 Å². The Morgan fingerprint density at radius 3 is 0.836 bits per heavy atom. The fourth-order valence-corrected chi connectivity index (χ4v) is 12.4. The molecule has 0 bridgehead atoms. The predicted octanol–water partition coefficient (Wildman–Crippen LogP) is 21.4. The van der Waals surface area contributed by atoms with E-state index < -0.39 is 0 Å². The molecule has 0 heteroatoms. The van der Waals surface area contributed by atoms with E-state index >= 15 is 0 Å². The topological polar surface area (TPSA) is 0 Å². The molecule has 0 atom stereocenters. The van der Waals surface area contributed by atoms with Gasteiger partial charge in [0.2, 0.25) is 0 Å². The first-order chi connectivity index (χ1) is 34.6. The molecule has 0 N–H and O–H groups in total. The van der Waals surface area contributed by atoms with Crippen molar-refractivity contribution in [2.24, 2.45) is 0 Å². The average molecular weight is 947 g/mol. The SMILES string of the molecule is CC(C)c1ccc(-c2c3c(c(-c4ccc(C(C)(C)C)cc4)c4ccc(C(C)(C)C)cc24)-c2ccc4c5c(ccc-3c25)-c2c-4c(-c3ccc(C(C)(C)C)cc3)c3ccccc3c2-c2ccc(C(C)(C)C)cc2)cc1. The molecule has 0 radical (unpaired) electrons. The highest BCUT2D eigenvalue weighted by Gasteiger charge is 2.38. The maximum atomic E-state index is 2.53. The van der Waals surface area contributed by atoms with Crippen LogP contribution in [0.1, 0.15) is 131 Å². The number of hydrogen-bond donors (Lipinski definition) is 0. The number of benzene rings is 10. The summed E-state index contributed by atoms with van der Waals surface area (Å²) in [5.74, 6) is 0.444. The van der Waals surface area contributed by atoms with Crippen LogP contribution >= 0.6 is 0 Å². The summed E-state index contributed by atoms with van der Waals surface area (Å²) in [5.41, 5.74) is 27.8. The van der Waals surface area contributed by atoms with Crippen LogP contribution in [0.15, 0.2) is 164 Å². The van der Waals surface area contributed by atoms with Gasteiger partial charge in [-0.2, -0.15) is 0 Å². The Morgan fingerprint density at radius 2 is 0.534 bits per heavy atom. The van der Waals surface area contributed by atoms with Gasteiger partial charge in [-0.25, -0.2) is 0 Å². The Morgan fingerprint density at radius 1 is 0.260 bits per heavy atom. The van der Waals surface area contributed by atoms with Crippen molar-refractivity contribution in [1.29, 1.82) is 0 Å². The van der Waals surface area contributed by atoms with Crippen LogP contribution in [-0.2, 0) is 21.7 Å². The molecule has 0 nitrogen and oxygen atoms in total. The smallest absolute Gasteiger partial charge is 0.000740 e. The number of hydrogen-bond acceptors (Lipinski definition) is 0. The quantitative estimate of drug-likeness (QED) is 0.161. The average Bonchev–Trinajstić information content (AvgIpc) is 3.86. The fraction of sp³-hybridized carbons (Fsp3) is 0.260. The van der Waals surface area contributed by atoms with Crippen molar-refractivity contribution >= 4 is 32.3 Å². The molecule has 0 spiro atoms. The van der Waals surface area contributed by atoms with E-state index in [0.29, 0.717) is 5.92 Å².